The first-order valence-electron chi connectivity index (χ1n) is 13.2. The Bertz CT molecular complexity index is 1160. The second-order valence-electron chi connectivity index (χ2n) is 9.99. The average molecular weight is 558 g/mol. The van der Waals surface area contributed by atoms with E-state index >= 15 is 0 Å². The van der Waals surface area contributed by atoms with Crippen LogP contribution in [0.2, 0.25) is 0 Å². The van der Waals surface area contributed by atoms with Crippen molar-refractivity contribution in [2.75, 3.05) is 31.6 Å². The highest BCUT2D eigenvalue weighted by Crippen LogP contribution is 2.23. The fraction of sp³-hybridized carbons (Fsp3) is 0.500. The van der Waals surface area contributed by atoms with Crippen LogP contribution in [0, 0.1) is 0 Å². The second kappa shape index (κ2) is 14.9. The number of primary amides is 1. The number of hydrogen-bond acceptors (Lipinski definition) is 7. The minimum atomic E-state index is -1.06. The van der Waals surface area contributed by atoms with Crippen molar-refractivity contribution >= 4 is 46.2 Å². The summed E-state index contributed by atoms with van der Waals surface area (Å²) < 4.78 is 0. The van der Waals surface area contributed by atoms with Crippen LogP contribution in [0.5, 0.6) is 0 Å². The smallest absolute Gasteiger partial charge is 0.326 e. The molecule has 1 fully saturated rings. The number of hydrogen-bond donors (Lipinski definition) is 4. The van der Waals surface area contributed by atoms with Crippen molar-refractivity contribution in [2.45, 2.75) is 56.8 Å². The van der Waals surface area contributed by atoms with E-state index in [0.29, 0.717) is 31.8 Å². The van der Waals surface area contributed by atoms with E-state index in [2.05, 4.69) is 5.32 Å². The van der Waals surface area contributed by atoms with Crippen LogP contribution >= 0.6 is 11.8 Å². The predicted octanol–water partition coefficient (Wildman–Crippen LogP) is 1.55. The summed E-state index contributed by atoms with van der Waals surface area (Å²) in [5.74, 6) is -1.54. The molecule has 0 unspecified atom stereocenters. The number of fused-ring (bicyclic) bond motifs is 1. The Labute approximate surface area is 233 Å². The van der Waals surface area contributed by atoms with Crippen LogP contribution in [0.1, 0.15) is 37.7 Å². The van der Waals surface area contributed by atoms with Crippen LogP contribution in [0.15, 0.2) is 42.5 Å². The SMILES string of the molecule is CSCC[C@H](NC(=O)CN(Cc1cccc2ccccc12)C[C@@H]1CCCN1C(=O)[C@@H](N)CCC(N)=O)C(=O)O. The van der Waals surface area contributed by atoms with Crippen molar-refractivity contribution in [2.24, 2.45) is 11.5 Å². The molecule has 10 nitrogen and oxygen atoms in total. The Morgan fingerprint density at radius 1 is 1.15 bits per heavy atom. The van der Waals surface area contributed by atoms with Crippen LogP contribution in [0.4, 0.5) is 0 Å². The average Bonchev–Trinajstić information content (AvgIpc) is 3.37. The minimum absolute atomic E-state index is 0.0153. The molecule has 1 aliphatic heterocycles. The van der Waals surface area contributed by atoms with E-state index in [1.54, 1.807) is 4.90 Å². The van der Waals surface area contributed by atoms with E-state index in [-0.39, 0.29) is 37.2 Å². The van der Waals surface area contributed by atoms with Gasteiger partial charge in [0.1, 0.15) is 6.04 Å². The van der Waals surface area contributed by atoms with Gasteiger partial charge in [-0.25, -0.2) is 4.79 Å². The number of likely N-dealkylation sites (tertiary alicyclic amines) is 1. The number of carboxylic acids is 1. The zero-order valence-electron chi connectivity index (χ0n) is 22.4. The highest BCUT2D eigenvalue weighted by Gasteiger charge is 2.33. The molecule has 39 heavy (non-hydrogen) atoms. The fourth-order valence-electron chi connectivity index (χ4n) is 5.04. The van der Waals surface area contributed by atoms with Gasteiger partial charge in [-0.15, -0.1) is 0 Å². The molecular formula is C28H39N5O5S. The molecule has 3 amide bonds. The summed E-state index contributed by atoms with van der Waals surface area (Å²) in [7, 11) is 0. The monoisotopic (exact) mass is 557 g/mol. The number of benzene rings is 2. The zero-order valence-corrected chi connectivity index (χ0v) is 23.2. The summed E-state index contributed by atoms with van der Waals surface area (Å²) in [6, 6.07) is 12.1. The number of aliphatic carboxylic acids is 1. The maximum absolute atomic E-state index is 13.1. The van der Waals surface area contributed by atoms with Gasteiger partial charge in [-0.1, -0.05) is 42.5 Å². The Hall–Kier alpha value is -3.15. The molecular weight excluding hydrogens is 518 g/mol. The maximum atomic E-state index is 13.1. The van der Waals surface area contributed by atoms with Gasteiger partial charge in [0.25, 0.3) is 0 Å². The standard InChI is InChI=1S/C28H39N5O5S/c1-39-15-13-24(28(37)38)31-26(35)18-32(16-20-8-4-7-19-6-2-3-10-22(19)20)17-21-9-5-14-33(21)27(36)23(29)11-12-25(30)34/h2-4,6-8,10,21,23-24H,5,9,11-18,29H2,1H3,(H2,30,34)(H,31,35)(H,37,38)/t21-,23-,24-/m0/s1. The number of thioether (sulfide) groups is 1. The number of nitrogens with two attached hydrogens (primary N) is 2. The van der Waals surface area contributed by atoms with Crippen LogP contribution < -0.4 is 16.8 Å². The molecule has 11 heteroatoms. The summed E-state index contributed by atoms with van der Waals surface area (Å²) in [6.07, 6.45) is 4.02. The molecule has 1 aliphatic rings. The van der Waals surface area contributed by atoms with Crippen LogP contribution in [-0.2, 0) is 25.7 Å². The quantitative estimate of drug-likeness (QED) is 0.257. The van der Waals surface area contributed by atoms with E-state index in [1.165, 1.54) is 11.8 Å². The molecule has 0 saturated carbocycles. The lowest BCUT2D eigenvalue weighted by Gasteiger charge is -2.32. The summed E-state index contributed by atoms with van der Waals surface area (Å²) in [5.41, 5.74) is 12.4. The molecule has 212 valence electrons. The summed E-state index contributed by atoms with van der Waals surface area (Å²) in [5, 5.41) is 14.4. The summed E-state index contributed by atoms with van der Waals surface area (Å²) in [6.45, 7) is 1.41. The van der Waals surface area contributed by atoms with Gasteiger partial charge >= 0.3 is 5.97 Å². The van der Waals surface area contributed by atoms with Gasteiger partial charge in [0, 0.05) is 32.1 Å². The van der Waals surface area contributed by atoms with Crippen molar-refractivity contribution in [3.63, 3.8) is 0 Å². The first-order valence-corrected chi connectivity index (χ1v) is 14.6. The van der Waals surface area contributed by atoms with Gasteiger partial charge in [0.05, 0.1) is 12.6 Å². The Morgan fingerprint density at radius 3 is 2.62 bits per heavy atom. The van der Waals surface area contributed by atoms with E-state index in [4.69, 9.17) is 11.5 Å². The predicted molar refractivity (Wildman–Crippen MR) is 153 cm³/mol. The molecule has 2 aromatic carbocycles. The largest absolute Gasteiger partial charge is 0.480 e. The normalized spacial score (nSPS) is 16.8. The molecule has 1 saturated heterocycles. The third-order valence-electron chi connectivity index (χ3n) is 7.03. The van der Waals surface area contributed by atoms with Crippen LogP contribution in [-0.4, -0.2) is 88.4 Å². The summed E-state index contributed by atoms with van der Waals surface area (Å²) >= 11 is 1.52. The van der Waals surface area contributed by atoms with E-state index in [0.717, 1.165) is 29.2 Å². The van der Waals surface area contributed by atoms with Gasteiger partial charge in [0.15, 0.2) is 0 Å². The lowest BCUT2D eigenvalue weighted by atomic mass is 10.0. The van der Waals surface area contributed by atoms with E-state index in [1.807, 2.05) is 53.6 Å². The molecule has 0 radical (unpaired) electrons. The summed E-state index contributed by atoms with van der Waals surface area (Å²) in [4.78, 5) is 52.8. The van der Waals surface area contributed by atoms with Gasteiger partial charge in [0.2, 0.25) is 17.7 Å². The minimum Gasteiger partial charge on any atom is -0.480 e. The molecule has 0 aliphatic carbocycles. The number of nitrogens with one attached hydrogen (secondary N) is 1. The topological polar surface area (TPSA) is 159 Å². The van der Waals surface area contributed by atoms with Gasteiger partial charge in [-0.2, -0.15) is 11.8 Å². The lowest BCUT2D eigenvalue weighted by Crippen LogP contribution is -2.51. The highest BCUT2D eigenvalue weighted by molar-refractivity contribution is 7.98. The van der Waals surface area contributed by atoms with E-state index in [9.17, 15) is 24.3 Å². The second-order valence-corrected chi connectivity index (χ2v) is 11.0. The molecule has 0 spiro atoms. The number of nitrogens with zero attached hydrogens (tertiary/aromatic N) is 2. The zero-order chi connectivity index (χ0) is 28.4. The third-order valence-corrected chi connectivity index (χ3v) is 7.68. The Balaban J connectivity index is 1.79. The number of carbonyl (C=O) groups is 4. The molecule has 1 heterocycles. The number of carboxylic acid groups (broad SMARTS) is 1. The lowest BCUT2D eigenvalue weighted by molar-refractivity contribution is -0.142. The maximum Gasteiger partial charge on any atom is 0.326 e. The number of carbonyl (C=O) groups excluding carboxylic acids is 3. The first-order chi connectivity index (χ1) is 18.7. The fourth-order valence-corrected chi connectivity index (χ4v) is 5.51. The molecule has 3 atom stereocenters. The van der Waals surface area contributed by atoms with E-state index < -0.39 is 24.0 Å². The first kappa shape index (κ1) is 30.4. The third kappa shape index (κ3) is 8.94. The highest BCUT2D eigenvalue weighted by atomic mass is 32.2. The molecule has 6 N–H and O–H groups in total. The van der Waals surface area contributed by atoms with Gasteiger partial charge < -0.3 is 26.8 Å². The molecule has 3 rings (SSSR count). The van der Waals surface area contributed by atoms with Crippen molar-refractivity contribution in [1.29, 1.82) is 0 Å². The Morgan fingerprint density at radius 2 is 1.90 bits per heavy atom. The molecule has 2 aromatic rings. The van der Waals surface area contributed by atoms with Crippen molar-refractivity contribution in [1.82, 2.24) is 15.1 Å². The number of rotatable bonds is 15. The number of amides is 3. The van der Waals surface area contributed by atoms with Crippen LogP contribution in [0.25, 0.3) is 10.8 Å². The van der Waals surface area contributed by atoms with Crippen molar-refractivity contribution in [3.8, 4) is 0 Å². The van der Waals surface area contributed by atoms with Gasteiger partial charge in [-0.3, -0.25) is 19.3 Å². The Kier molecular flexibility index (Phi) is 11.6. The molecule has 0 bridgehead atoms. The van der Waals surface area contributed by atoms with Crippen LogP contribution in [0.3, 0.4) is 0 Å². The van der Waals surface area contributed by atoms with Crippen molar-refractivity contribution in [3.05, 3.63) is 48.0 Å². The molecule has 0 aromatic heterocycles. The van der Waals surface area contributed by atoms with Gasteiger partial charge in [-0.05, 0) is 54.0 Å². The van der Waals surface area contributed by atoms with Crippen molar-refractivity contribution < 1.29 is 24.3 Å².